The summed E-state index contributed by atoms with van der Waals surface area (Å²) in [7, 11) is 0. The van der Waals surface area contributed by atoms with E-state index in [0.29, 0.717) is 12.6 Å². The lowest BCUT2D eigenvalue weighted by atomic mass is 10.1. The van der Waals surface area contributed by atoms with Crippen molar-refractivity contribution in [3.05, 3.63) is 42.1 Å². The van der Waals surface area contributed by atoms with Crippen molar-refractivity contribution in [2.75, 3.05) is 5.75 Å². The Morgan fingerprint density at radius 3 is 3.16 bits per heavy atom. The maximum Gasteiger partial charge on any atom is 0.157 e. The van der Waals surface area contributed by atoms with Crippen molar-refractivity contribution in [1.82, 2.24) is 10.3 Å². The quantitative estimate of drug-likeness (QED) is 0.911. The first-order valence-electron chi connectivity index (χ1n) is 6.59. The van der Waals surface area contributed by atoms with Crippen LogP contribution < -0.4 is 5.32 Å². The number of aromatic nitrogens is 1. The normalized spacial score (nSPS) is 21.5. The summed E-state index contributed by atoms with van der Waals surface area (Å²) in [4.78, 5) is 9.15. The molecule has 2 heterocycles. The van der Waals surface area contributed by atoms with E-state index in [1.54, 1.807) is 0 Å². The molecule has 0 bridgehead atoms. The van der Waals surface area contributed by atoms with Crippen molar-refractivity contribution in [2.24, 2.45) is 4.99 Å². The zero-order chi connectivity index (χ0) is 13.1. The molecule has 1 aromatic carbocycles. The summed E-state index contributed by atoms with van der Waals surface area (Å²) in [6.45, 7) is 2.89. The number of rotatable bonds is 2. The van der Waals surface area contributed by atoms with E-state index in [4.69, 9.17) is 0 Å². The third-order valence-electron chi connectivity index (χ3n) is 3.27. The zero-order valence-corrected chi connectivity index (χ0v) is 11.8. The highest BCUT2D eigenvalue weighted by Crippen LogP contribution is 2.18. The molecule has 0 aliphatic carbocycles. The molecule has 1 aliphatic rings. The van der Waals surface area contributed by atoms with Crippen LogP contribution in [0.25, 0.3) is 10.9 Å². The Hall–Kier alpha value is -1.55. The highest BCUT2D eigenvalue weighted by Gasteiger charge is 2.12. The molecule has 0 radical (unpaired) electrons. The average molecular weight is 271 g/mol. The summed E-state index contributed by atoms with van der Waals surface area (Å²) in [6.07, 6.45) is 3.05. The molecule has 1 unspecified atom stereocenters. The molecule has 1 aromatic heterocycles. The van der Waals surface area contributed by atoms with Crippen LogP contribution in [-0.4, -0.2) is 21.9 Å². The van der Waals surface area contributed by atoms with Gasteiger partial charge in [-0.05, 0) is 25.0 Å². The van der Waals surface area contributed by atoms with Gasteiger partial charge in [-0.1, -0.05) is 36.0 Å². The van der Waals surface area contributed by atoms with Gasteiger partial charge in [0, 0.05) is 23.4 Å². The van der Waals surface area contributed by atoms with E-state index < -0.39 is 0 Å². The summed E-state index contributed by atoms with van der Waals surface area (Å²) < 4.78 is 0. The lowest BCUT2D eigenvalue weighted by Crippen LogP contribution is -2.35. The van der Waals surface area contributed by atoms with Gasteiger partial charge < -0.3 is 5.32 Å². The van der Waals surface area contributed by atoms with Crippen LogP contribution >= 0.6 is 11.8 Å². The van der Waals surface area contributed by atoms with Crippen LogP contribution in [0.2, 0.25) is 0 Å². The number of aliphatic imine (C=N–C) groups is 1. The Morgan fingerprint density at radius 2 is 2.26 bits per heavy atom. The Balaban J connectivity index is 1.83. The first kappa shape index (κ1) is 12.5. The highest BCUT2D eigenvalue weighted by molar-refractivity contribution is 8.13. The molecule has 1 saturated heterocycles. The van der Waals surface area contributed by atoms with Crippen LogP contribution in [0.1, 0.15) is 18.9 Å². The smallest absolute Gasteiger partial charge is 0.157 e. The molecular weight excluding hydrogens is 254 g/mol. The zero-order valence-electron chi connectivity index (χ0n) is 11.0. The lowest BCUT2D eigenvalue weighted by molar-refractivity contribution is 0.642. The predicted octanol–water partition coefficient (Wildman–Crippen LogP) is 3.21. The number of benzene rings is 1. The maximum atomic E-state index is 4.68. The Kier molecular flexibility index (Phi) is 3.69. The molecule has 1 N–H and O–H groups in total. The van der Waals surface area contributed by atoms with Crippen molar-refractivity contribution in [3.8, 4) is 0 Å². The summed E-state index contributed by atoms with van der Waals surface area (Å²) in [5.74, 6) is 1.15. The van der Waals surface area contributed by atoms with Crippen molar-refractivity contribution in [1.29, 1.82) is 0 Å². The Bertz CT molecular complexity index is 604. The fourth-order valence-corrected chi connectivity index (χ4v) is 3.31. The van der Waals surface area contributed by atoms with E-state index >= 15 is 0 Å². The van der Waals surface area contributed by atoms with Gasteiger partial charge in [0.05, 0.1) is 12.1 Å². The van der Waals surface area contributed by atoms with Crippen LogP contribution in [-0.2, 0) is 6.54 Å². The molecule has 1 atom stereocenters. The minimum Gasteiger partial charge on any atom is -0.362 e. The predicted molar refractivity (Wildman–Crippen MR) is 82.6 cm³/mol. The highest BCUT2D eigenvalue weighted by atomic mass is 32.2. The summed E-state index contributed by atoms with van der Waals surface area (Å²) in [6, 6.07) is 10.9. The molecule has 3 nitrogen and oxygen atoms in total. The summed E-state index contributed by atoms with van der Waals surface area (Å²) in [5, 5.41) is 5.67. The Labute approximate surface area is 117 Å². The molecule has 1 aliphatic heterocycles. The van der Waals surface area contributed by atoms with Gasteiger partial charge in [0.25, 0.3) is 0 Å². The van der Waals surface area contributed by atoms with Crippen molar-refractivity contribution < 1.29 is 0 Å². The van der Waals surface area contributed by atoms with Crippen LogP contribution in [0.4, 0.5) is 0 Å². The fraction of sp³-hybridized carbons (Fsp3) is 0.333. The van der Waals surface area contributed by atoms with Gasteiger partial charge >= 0.3 is 0 Å². The van der Waals surface area contributed by atoms with Gasteiger partial charge in [0.15, 0.2) is 5.17 Å². The molecule has 3 rings (SSSR count). The number of pyridine rings is 1. The van der Waals surface area contributed by atoms with Crippen LogP contribution in [0.15, 0.2) is 41.5 Å². The average Bonchev–Trinajstić information content (AvgIpc) is 2.45. The molecule has 0 spiro atoms. The molecule has 2 aromatic rings. The van der Waals surface area contributed by atoms with E-state index in [1.165, 1.54) is 17.4 Å². The SMILES string of the molecule is CC1CCSC(=NCc2cccc3cccnc23)N1. The number of nitrogens with one attached hydrogen (secondary N) is 1. The molecule has 98 valence electrons. The molecule has 0 amide bonds. The van der Waals surface area contributed by atoms with E-state index in [0.717, 1.165) is 16.4 Å². The fourth-order valence-electron chi connectivity index (χ4n) is 2.20. The van der Waals surface area contributed by atoms with Gasteiger partial charge in [-0.15, -0.1) is 0 Å². The molecule has 1 fully saturated rings. The standard InChI is InChI=1S/C15H17N3S/c1-11-7-9-19-15(18-11)17-10-13-5-2-4-12-6-3-8-16-14(12)13/h2-6,8,11H,7,9-10H2,1H3,(H,17,18). The van der Waals surface area contributed by atoms with Gasteiger partial charge in [0.2, 0.25) is 0 Å². The van der Waals surface area contributed by atoms with Crippen molar-refractivity contribution in [2.45, 2.75) is 25.9 Å². The first-order chi connectivity index (χ1) is 9.33. The number of thioether (sulfide) groups is 1. The number of hydrogen-bond donors (Lipinski definition) is 1. The minimum absolute atomic E-state index is 0.533. The first-order valence-corrected chi connectivity index (χ1v) is 7.58. The minimum atomic E-state index is 0.533. The van der Waals surface area contributed by atoms with Crippen molar-refractivity contribution >= 4 is 27.8 Å². The van der Waals surface area contributed by atoms with E-state index in [9.17, 15) is 0 Å². The van der Waals surface area contributed by atoms with E-state index in [-0.39, 0.29) is 0 Å². The molecule has 4 heteroatoms. The molecular formula is C15H17N3S. The number of fused-ring (bicyclic) bond motifs is 1. The molecule has 19 heavy (non-hydrogen) atoms. The topological polar surface area (TPSA) is 37.3 Å². The van der Waals surface area contributed by atoms with Crippen LogP contribution in [0.5, 0.6) is 0 Å². The van der Waals surface area contributed by atoms with Gasteiger partial charge in [-0.25, -0.2) is 0 Å². The number of nitrogens with zero attached hydrogens (tertiary/aromatic N) is 2. The Morgan fingerprint density at radius 1 is 1.37 bits per heavy atom. The third-order valence-corrected chi connectivity index (χ3v) is 4.23. The molecule has 0 saturated carbocycles. The van der Waals surface area contributed by atoms with E-state index in [2.05, 4.69) is 46.5 Å². The number of amidine groups is 1. The number of para-hydroxylation sites is 1. The van der Waals surface area contributed by atoms with Gasteiger partial charge in [-0.2, -0.15) is 0 Å². The maximum absolute atomic E-state index is 4.68. The third kappa shape index (κ3) is 2.89. The second-order valence-corrected chi connectivity index (χ2v) is 5.88. The second kappa shape index (κ2) is 5.61. The largest absolute Gasteiger partial charge is 0.362 e. The summed E-state index contributed by atoms with van der Waals surface area (Å²) in [5.41, 5.74) is 2.24. The second-order valence-electron chi connectivity index (χ2n) is 4.80. The van der Waals surface area contributed by atoms with Crippen molar-refractivity contribution in [3.63, 3.8) is 0 Å². The van der Waals surface area contributed by atoms with E-state index in [1.807, 2.05) is 24.0 Å². The lowest BCUT2D eigenvalue weighted by Gasteiger charge is -2.21. The van der Waals surface area contributed by atoms with Gasteiger partial charge in [-0.3, -0.25) is 9.98 Å². The monoisotopic (exact) mass is 271 g/mol. The van der Waals surface area contributed by atoms with Crippen LogP contribution in [0.3, 0.4) is 0 Å². The summed E-state index contributed by atoms with van der Waals surface area (Å²) >= 11 is 1.81. The van der Waals surface area contributed by atoms with Crippen LogP contribution in [0, 0.1) is 0 Å². The number of hydrogen-bond acceptors (Lipinski definition) is 3. The van der Waals surface area contributed by atoms with Gasteiger partial charge in [0.1, 0.15) is 0 Å².